The maximum Gasteiger partial charge on any atom is 0.122 e. The molecule has 0 radical (unpaired) electrons. The Balaban J connectivity index is 2.94. The van der Waals surface area contributed by atoms with Gasteiger partial charge in [-0.15, -0.1) is 0 Å². The van der Waals surface area contributed by atoms with Gasteiger partial charge >= 0.3 is 0 Å². The fraction of sp³-hybridized carbons (Fsp3) is 0.400. The van der Waals surface area contributed by atoms with Gasteiger partial charge in [-0.1, -0.05) is 17.7 Å². The second kappa shape index (κ2) is 5.32. The Morgan fingerprint density at radius 1 is 1.40 bits per heavy atom. The van der Waals surface area contributed by atoms with Crippen LogP contribution in [0.1, 0.15) is 11.7 Å². The summed E-state index contributed by atoms with van der Waals surface area (Å²) in [6.07, 6.45) is -2.22. The van der Waals surface area contributed by atoms with E-state index in [4.69, 9.17) is 11.6 Å². The zero-order valence-electron chi connectivity index (χ0n) is 8.31. The number of aliphatic hydroxyl groups excluding tert-OH is 2. The van der Waals surface area contributed by atoms with Crippen LogP contribution in [0.25, 0.3) is 0 Å². The van der Waals surface area contributed by atoms with E-state index in [1.165, 1.54) is 6.07 Å². The molecule has 4 nitrogen and oxygen atoms in total. The van der Waals surface area contributed by atoms with Crippen molar-refractivity contribution >= 4 is 11.6 Å². The molecule has 2 unspecified atom stereocenters. The highest BCUT2D eigenvalue weighted by atomic mass is 35.5. The number of likely N-dealkylation sites (N-methyl/N-ethyl adjacent to an activating group) is 1. The minimum Gasteiger partial charge on any atom is -0.508 e. The van der Waals surface area contributed by atoms with Crippen LogP contribution in [0.3, 0.4) is 0 Å². The standard InChI is InChI=1S/C10H14ClNO3/c1-12-5-8(14)10(15)9-6(11)3-2-4-7(9)13/h2-4,8,10,12-15H,5H2,1H3. The summed E-state index contributed by atoms with van der Waals surface area (Å²) in [5.74, 6) is -0.120. The Morgan fingerprint density at radius 2 is 2.07 bits per heavy atom. The molecule has 4 N–H and O–H groups in total. The molecule has 0 heterocycles. The summed E-state index contributed by atoms with van der Waals surface area (Å²) in [7, 11) is 1.66. The summed E-state index contributed by atoms with van der Waals surface area (Å²) < 4.78 is 0. The second-order valence-electron chi connectivity index (χ2n) is 3.24. The molecule has 1 aromatic rings. The molecule has 0 aromatic heterocycles. The lowest BCUT2D eigenvalue weighted by Crippen LogP contribution is -2.29. The zero-order chi connectivity index (χ0) is 11.4. The van der Waals surface area contributed by atoms with Gasteiger partial charge in [0.25, 0.3) is 0 Å². The summed E-state index contributed by atoms with van der Waals surface area (Å²) in [4.78, 5) is 0. The van der Waals surface area contributed by atoms with Gasteiger partial charge in [0.05, 0.1) is 11.1 Å². The third kappa shape index (κ3) is 2.82. The van der Waals surface area contributed by atoms with Gasteiger partial charge < -0.3 is 20.6 Å². The lowest BCUT2D eigenvalue weighted by molar-refractivity contribution is 0.0189. The second-order valence-corrected chi connectivity index (χ2v) is 3.65. The predicted octanol–water partition coefficient (Wildman–Crippen LogP) is 0.659. The van der Waals surface area contributed by atoms with E-state index in [1.807, 2.05) is 0 Å². The van der Waals surface area contributed by atoms with Crippen LogP contribution in [0.2, 0.25) is 5.02 Å². The van der Waals surface area contributed by atoms with Crippen LogP contribution in [0.15, 0.2) is 18.2 Å². The molecule has 0 spiro atoms. The van der Waals surface area contributed by atoms with Crippen molar-refractivity contribution in [1.82, 2.24) is 5.32 Å². The Morgan fingerprint density at radius 3 is 2.60 bits per heavy atom. The van der Waals surface area contributed by atoms with E-state index >= 15 is 0 Å². The topological polar surface area (TPSA) is 72.7 Å². The van der Waals surface area contributed by atoms with E-state index in [0.717, 1.165) is 0 Å². The first-order valence-electron chi connectivity index (χ1n) is 4.56. The summed E-state index contributed by atoms with van der Waals surface area (Å²) >= 11 is 5.82. The van der Waals surface area contributed by atoms with Gasteiger partial charge in [0.15, 0.2) is 0 Å². The summed E-state index contributed by atoms with van der Waals surface area (Å²) in [6.45, 7) is 0.214. The molecule has 2 atom stereocenters. The first kappa shape index (κ1) is 12.3. The van der Waals surface area contributed by atoms with Gasteiger partial charge in [-0.3, -0.25) is 0 Å². The van der Waals surface area contributed by atoms with Crippen LogP contribution < -0.4 is 5.32 Å². The Hall–Kier alpha value is -0.810. The van der Waals surface area contributed by atoms with Crippen molar-refractivity contribution < 1.29 is 15.3 Å². The van der Waals surface area contributed by atoms with Crippen molar-refractivity contribution in [3.05, 3.63) is 28.8 Å². The minimum absolute atomic E-state index is 0.120. The molecule has 1 aromatic carbocycles. The average Bonchev–Trinajstić information content (AvgIpc) is 2.17. The molecule has 0 aliphatic heterocycles. The van der Waals surface area contributed by atoms with Crippen LogP contribution in [-0.2, 0) is 0 Å². The Kier molecular flexibility index (Phi) is 4.35. The number of aliphatic hydroxyl groups is 2. The molecule has 0 bridgehead atoms. The number of hydrogen-bond acceptors (Lipinski definition) is 4. The molecule has 0 saturated heterocycles. The summed E-state index contributed by atoms with van der Waals surface area (Å²) in [5.41, 5.74) is 0.155. The van der Waals surface area contributed by atoms with Gasteiger partial charge in [-0.05, 0) is 19.2 Å². The minimum atomic E-state index is -1.20. The van der Waals surface area contributed by atoms with Crippen molar-refractivity contribution in [2.45, 2.75) is 12.2 Å². The molecule has 0 aliphatic carbocycles. The first-order valence-corrected chi connectivity index (χ1v) is 4.93. The van der Waals surface area contributed by atoms with Crippen molar-refractivity contribution in [3.63, 3.8) is 0 Å². The highest BCUT2D eigenvalue weighted by Crippen LogP contribution is 2.32. The number of hydrogen-bond donors (Lipinski definition) is 4. The van der Waals surface area contributed by atoms with E-state index in [9.17, 15) is 15.3 Å². The normalized spacial score (nSPS) is 14.9. The third-order valence-electron chi connectivity index (χ3n) is 2.10. The number of nitrogens with one attached hydrogen (secondary N) is 1. The van der Waals surface area contributed by atoms with E-state index in [0.29, 0.717) is 0 Å². The molecule has 0 amide bonds. The van der Waals surface area contributed by atoms with Crippen LogP contribution in [0.5, 0.6) is 5.75 Å². The molecule has 0 fully saturated rings. The molecule has 1 rings (SSSR count). The Labute approximate surface area is 93.1 Å². The predicted molar refractivity (Wildman–Crippen MR) is 58.0 cm³/mol. The third-order valence-corrected chi connectivity index (χ3v) is 2.43. The lowest BCUT2D eigenvalue weighted by Gasteiger charge is -2.19. The fourth-order valence-electron chi connectivity index (χ4n) is 1.33. The van der Waals surface area contributed by atoms with E-state index < -0.39 is 12.2 Å². The molecule has 15 heavy (non-hydrogen) atoms. The van der Waals surface area contributed by atoms with Crippen LogP contribution in [0.4, 0.5) is 0 Å². The summed E-state index contributed by atoms with van der Waals surface area (Å²) in [5, 5.41) is 31.7. The van der Waals surface area contributed by atoms with E-state index in [-0.39, 0.29) is 22.9 Å². The van der Waals surface area contributed by atoms with Crippen molar-refractivity contribution in [3.8, 4) is 5.75 Å². The maximum atomic E-state index is 9.75. The molecule has 5 heteroatoms. The molecule has 0 saturated carbocycles. The van der Waals surface area contributed by atoms with Crippen LogP contribution >= 0.6 is 11.6 Å². The van der Waals surface area contributed by atoms with Crippen LogP contribution in [0, 0.1) is 0 Å². The number of phenolic OH excluding ortho intramolecular Hbond substituents is 1. The molecular weight excluding hydrogens is 218 g/mol. The van der Waals surface area contributed by atoms with Gasteiger partial charge in [0, 0.05) is 12.1 Å². The van der Waals surface area contributed by atoms with Gasteiger partial charge in [0.2, 0.25) is 0 Å². The molecule has 84 valence electrons. The van der Waals surface area contributed by atoms with Crippen molar-refractivity contribution in [2.24, 2.45) is 0 Å². The van der Waals surface area contributed by atoms with Gasteiger partial charge in [0.1, 0.15) is 11.9 Å². The quantitative estimate of drug-likeness (QED) is 0.614. The fourth-order valence-corrected chi connectivity index (χ4v) is 1.61. The largest absolute Gasteiger partial charge is 0.508 e. The van der Waals surface area contributed by atoms with Gasteiger partial charge in [-0.25, -0.2) is 0 Å². The molecular formula is C10H14ClNO3. The highest BCUT2D eigenvalue weighted by molar-refractivity contribution is 6.31. The Bertz CT molecular complexity index is 312. The van der Waals surface area contributed by atoms with Crippen molar-refractivity contribution in [1.29, 1.82) is 0 Å². The smallest absolute Gasteiger partial charge is 0.122 e. The van der Waals surface area contributed by atoms with Crippen molar-refractivity contribution in [2.75, 3.05) is 13.6 Å². The zero-order valence-corrected chi connectivity index (χ0v) is 9.07. The summed E-state index contributed by atoms with van der Waals surface area (Å²) in [6, 6.07) is 4.53. The van der Waals surface area contributed by atoms with E-state index in [1.54, 1.807) is 19.2 Å². The SMILES string of the molecule is CNCC(O)C(O)c1c(O)cccc1Cl. The lowest BCUT2D eigenvalue weighted by atomic mass is 10.0. The number of rotatable bonds is 4. The number of halogens is 1. The van der Waals surface area contributed by atoms with E-state index in [2.05, 4.69) is 5.32 Å². The molecule has 0 aliphatic rings. The number of aromatic hydroxyl groups is 1. The first-order chi connectivity index (χ1) is 7.07. The highest BCUT2D eigenvalue weighted by Gasteiger charge is 2.22. The monoisotopic (exact) mass is 231 g/mol. The number of benzene rings is 1. The van der Waals surface area contributed by atoms with Gasteiger partial charge in [-0.2, -0.15) is 0 Å². The van der Waals surface area contributed by atoms with Crippen LogP contribution in [-0.4, -0.2) is 35.0 Å². The number of phenols is 1. The maximum absolute atomic E-state index is 9.75. The average molecular weight is 232 g/mol.